The van der Waals surface area contributed by atoms with Crippen LogP contribution in [0.1, 0.15) is 129 Å². The van der Waals surface area contributed by atoms with Crippen molar-refractivity contribution >= 4 is 6.29 Å². The highest BCUT2D eigenvalue weighted by molar-refractivity contribution is 5.56. The number of hydrogen-bond acceptors (Lipinski definition) is 3. The highest BCUT2D eigenvalue weighted by atomic mass is 16.6. The molecule has 26 heavy (non-hydrogen) atoms. The van der Waals surface area contributed by atoms with E-state index in [1.807, 2.05) is 0 Å². The molecular weight excluding hydrogens is 326 g/mol. The lowest BCUT2D eigenvalue weighted by molar-refractivity contribution is -0.503. The van der Waals surface area contributed by atoms with E-state index in [0.29, 0.717) is 6.42 Å². The van der Waals surface area contributed by atoms with Crippen molar-refractivity contribution in [2.24, 2.45) is 0 Å². The summed E-state index contributed by atoms with van der Waals surface area (Å²) in [6, 6.07) is -1.11. The van der Waals surface area contributed by atoms with Gasteiger partial charge in [0.25, 0.3) is 12.3 Å². The Balaban J connectivity index is 3.11. The van der Waals surface area contributed by atoms with Gasteiger partial charge in [-0.3, -0.25) is 14.9 Å². The van der Waals surface area contributed by atoms with Crippen LogP contribution in [-0.2, 0) is 4.79 Å². The van der Waals surface area contributed by atoms with Crippen LogP contribution < -0.4 is 0 Å². The van der Waals surface area contributed by atoms with Crippen LogP contribution in [0.25, 0.3) is 0 Å². The summed E-state index contributed by atoms with van der Waals surface area (Å²) in [5.74, 6) is 0. The summed E-state index contributed by atoms with van der Waals surface area (Å²) in [4.78, 5) is 20.4. The smallest absolute Gasteiger partial charge is 0.278 e. The highest BCUT2D eigenvalue weighted by Gasteiger charge is 2.18. The van der Waals surface area contributed by atoms with E-state index in [9.17, 15) is 14.9 Å². The van der Waals surface area contributed by atoms with Gasteiger partial charge in [-0.1, -0.05) is 116 Å². The van der Waals surface area contributed by atoms with Crippen molar-refractivity contribution in [3.63, 3.8) is 0 Å². The first-order valence-electron chi connectivity index (χ1n) is 11.2. The van der Waals surface area contributed by atoms with Crippen molar-refractivity contribution < 1.29 is 9.72 Å². The van der Waals surface area contributed by atoms with E-state index in [1.165, 1.54) is 103 Å². The molecule has 0 aromatic heterocycles. The minimum Gasteiger partial charge on any atom is -0.283 e. The fourth-order valence-electron chi connectivity index (χ4n) is 3.45. The topological polar surface area (TPSA) is 60.2 Å². The zero-order chi connectivity index (χ0) is 19.3. The van der Waals surface area contributed by atoms with Gasteiger partial charge in [-0.15, -0.1) is 0 Å². The van der Waals surface area contributed by atoms with E-state index in [2.05, 4.69) is 6.92 Å². The standard InChI is InChI=1S/C22H42NO3/c1-2-3-4-5-6-7-8-9-10-11-12-13-14-15-16-17-18-19-20-22(21-24)23(25)26/h22H,2-20H2,1H3. The fourth-order valence-corrected chi connectivity index (χ4v) is 3.45. The normalized spacial score (nSPS) is 12.2. The highest BCUT2D eigenvalue weighted by Crippen LogP contribution is 2.14. The molecule has 0 saturated heterocycles. The van der Waals surface area contributed by atoms with Crippen LogP contribution in [0, 0.1) is 10.1 Å². The first-order chi connectivity index (χ1) is 12.7. The Labute approximate surface area is 161 Å². The third-order valence-corrected chi connectivity index (χ3v) is 5.22. The Morgan fingerprint density at radius 3 is 1.23 bits per heavy atom. The predicted molar refractivity (Wildman–Crippen MR) is 110 cm³/mol. The number of rotatable bonds is 21. The molecule has 1 radical (unpaired) electrons. The molecule has 0 rings (SSSR count). The van der Waals surface area contributed by atoms with Crippen LogP contribution in [0.3, 0.4) is 0 Å². The first-order valence-corrected chi connectivity index (χ1v) is 11.2. The van der Waals surface area contributed by atoms with Crippen molar-refractivity contribution in [3.05, 3.63) is 10.1 Å². The minimum absolute atomic E-state index is 0.342. The van der Waals surface area contributed by atoms with Crippen LogP contribution in [0.2, 0.25) is 0 Å². The molecule has 0 spiro atoms. The molecule has 0 saturated carbocycles. The summed E-state index contributed by atoms with van der Waals surface area (Å²) in [7, 11) is 0. The minimum atomic E-state index is -1.11. The number of nitrogens with zero attached hydrogens (tertiary/aromatic N) is 1. The van der Waals surface area contributed by atoms with E-state index in [-0.39, 0.29) is 0 Å². The Bertz CT molecular complexity index is 321. The van der Waals surface area contributed by atoms with Gasteiger partial charge in [0.15, 0.2) is 0 Å². The van der Waals surface area contributed by atoms with Gasteiger partial charge in [0.1, 0.15) is 0 Å². The molecule has 0 heterocycles. The third-order valence-electron chi connectivity index (χ3n) is 5.22. The molecule has 0 amide bonds. The molecule has 0 bridgehead atoms. The third kappa shape index (κ3) is 17.9. The van der Waals surface area contributed by atoms with Crippen LogP contribution >= 0.6 is 0 Å². The van der Waals surface area contributed by atoms with Gasteiger partial charge in [-0.2, -0.15) is 0 Å². The SMILES string of the molecule is CCCCCCCCCCCCCCCCCCCCC([C]=O)[N+](=O)[O-]. The monoisotopic (exact) mass is 368 g/mol. The lowest BCUT2D eigenvalue weighted by Crippen LogP contribution is -2.20. The quantitative estimate of drug-likeness (QED) is 0.122. The molecule has 4 nitrogen and oxygen atoms in total. The van der Waals surface area contributed by atoms with E-state index in [0.717, 1.165) is 19.3 Å². The van der Waals surface area contributed by atoms with Crippen LogP contribution in [-0.4, -0.2) is 17.3 Å². The summed E-state index contributed by atoms with van der Waals surface area (Å²) in [5, 5.41) is 10.5. The van der Waals surface area contributed by atoms with Gasteiger partial charge in [-0.05, 0) is 6.42 Å². The molecule has 0 aromatic rings. The average molecular weight is 369 g/mol. The summed E-state index contributed by atoms with van der Waals surface area (Å²) in [6.45, 7) is 2.27. The summed E-state index contributed by atoms with van der Waals surface area (Å²) in [5.41, 5.74) is 0. The van der Waals surface area contributed by atoms with Gasteiger partial charge < -0.3 is 0 Å². The molecule has 0 aromatic carbocycles. The number of nitro groups is 1. The molecule has 153 valence electrons. The lowest BCUT2D eigenvalue weighted by Gasteiger charge is -2.04. The van der Waals surface area contributed by atoms with Crippen molar-refractivity contribution in [2.75, 3.05) is 0 Å². The molecule has 4 heteroatoms. The Morgan fingerprint density at radius 2 is 0.962 bits per heavy atom. The number of hydrogen-bond donors (Lipinski definition) is 0. The van der Waals surface area contributed by atoms with Gasteiger partial charge in [-0.25, -0.2) is 0 Å². The van der Waals surface area contributed by atoms with Crippen molar-refractivity contribution in [1.29, 1.82) is 0 Å². The lowest BCUT2D eigenvalue weighted by atomic mass is 10.0. The second-order valence-corrected chi connectivity index (χ2v) is 7.72. The Morgan fingerprint density at radius 1 is 0.654 bits per heavy atom. The van der Waals surface area contributed by atoms with Crippen molar-refractivity contribution in [3.8, 4) is 0 Å². The first kappa shape index (κ1) is 25.1. The second-order valence-electron chi connectivity index (χ2n) is 7.72. The van der Waals surface area contributed by atoms with Gasteiger partial charge in [0.05, 0.1) is 0 Å². The molecule has 0 aliphatic carbocycles. The largest absolute Gasteiger partial charge is 0.283 e. The Hall–Kier alpha value is -0.930. The Kier molecular flexibility index (Phi) is 19.7. The molecule has 0 aliphatic rings. The fraction of sp³-hybridized carbons (Fsp3) is 0.955. The number of carbonyl (C=O) groups excluding carboxylic acids is 1. The van der Waals surface area contributed by atoms with Gasteiger partial charge >= 0.3 is 0 Å². The average Bonchev–Trinajstić information content (AvgIpc) is 2.63. The van der Waals surface area contributed by atoms with Gasteiger partial charge in [0.2, 0.25) is 0 Å². The molecule has 1 unspecified atom stereocenters. The van der Waals surface area contributed by atoms with E-state index in [1.54, 1.807) is 0 Å². The maximum Gasteiger partial charge on any atom is 0.278 e. The maximum absolute atomic E-state index is 10.5. The van der Waals surface area contributed by atoms with Gasteiger partial charge in [0, 0.05) is 11.3 Å². The summed E-state index contributed by atoms with van der Waals surface area (Å²) < 4.78 is 0. The van der Waals surface area contributed by atoms with E-state index >= 15 is 0 Å². The molecular formula is C22H42NO3. The number of unbranched alkanes of at least 4 members (excludes halogenated alkanes) is 17. The van der Waals surface area contributed by atoms with Crippen molar-refractivity contribution in [2.45, 2.75) is 135 Å². The van der Waals surface area contributed by atoms with Crippen LogP contribution in [0.4, 0.5) is 0 Å². The molecule has 1 atom stereocenters. The molecule has 0 N–H and O–H groups in total. The summed E-state index contributed by atoms with van der Waals surface area (Å²) >= 11 is 0. The molecule has 0 aliphatic heterocycles. The molecule has 0 fully saturated rings. The van der Waals surface area contributed by atoms with E-state index < -0.39 is 11.0 Å². The van der Waals surface area contributed by atoms with E-state index in [4.69, 9.17) is 0 Å². The zero-order valence-corrected chi connectivity index (χ0v) is 17.2. The predicted octanol–water partition coefficient (Wildman–Crippen LogP) is 7.17. The summed E-state index contributed by atoms with van der Waals surface area (Å²) in [6.07, 6.45) is 25.3. The van der Waals surface area contributed by atoms with Crippen LogP contribution in [0.15, 0.2) is 0 Å². The second kappa shape index (κ2) is 20.4. The van der Waals surface area contributed by atoms with Crippen molar-refractivity contribution in [1.82, 2.24) is 0 Å². The zero-order valence-electron chi connectivity index (χ0n) is 17.2. The maximum atomic E-state index is 10.5. The van der Waals surface area contributed by atoms with Crippen LogP contribution in [0.5, 0.6) is 0 Å².